The molecule has 6 heteroatoms. The summed E-state index contributed by atoms with van der Waals surface area (Å²) >= 11 is 0. The first-order chi connectivity index (χ1) is 13.5. The summed E-state index contributed by atoms with van der Waals surface area (Å²) in [5.41, 5.74) is 1.75. The second-order valence-electron chi connectivity index (χ2n) is 6.16. The number of carbonyl (C=O) groups excluding carboxylic acids is 2. The summed E-state index contributed by atoms with van der Waals surface area (Å²) in [4.78, 5) is 24.6. The van der Waals surface area contributed by atoms with Gasteiger partial charge in [-0.2, -0.15) is 0 Å². The van der Waals surface area contributed by atoms with Gasteiger partial charge >= 0.3 is 0 Å². The summed E-state index contributed by atoms with van der Waals surface area (Å²) in [6.07, 6.45) is 0. The molecule has 2 amide bonds. The molecule has 0 bridgehead atoms. The van der Waals surface area contributed by atoms with E-state index < -0.39 is 11.7 Å². The van der Waals surface area contributed by atoms with Gasteiger partial charge in [0.05, 0.1) is 0 Å². The van der Waals surface area contributed by atoms with Crippen molar-refractivity contribution in [1.29, 1.82) is 0 Å². The van der Waals surface area contributed by atoms with Gasteiger partial charge in [-0.3, -0.25) is 9.59 Å². The van der Waals surface area contributed by atoms with Crippen LogP contribution in [-0.4, -0.2) is 11.8 Å². The highest BCUT2D eigenvalue weighted by atomic mass is 19.1. The molecule has 0 heterocycles. The van der Waals surface area contributed by atoms with Crippen LogP contribution in [0.4, 0.5) is 8.78 Å². The van der Waals surface area contributed by atoms with Crippen molar-refractivity contribution >= 4 is 11.8 Å². The average molecular weight is 380 g/mol. The van der Waals surface area contributed by atoms with Gasteiger partial charge in [0.25, 0.3) is 11.8 Å². The molecule has 142 valence electrons. The molecule has 0 spiro atoms. The van der Waals surface area contributed by atoms with Crippen molar-refractivity contribution in [2.24, 2.45) is 0 Å². The Kier molecular flexibility index (Phi) is 6.11. The fourth-order valence-electron chi connectivity index (χ4n) is 2.61. The average Bonchev–Trinajstić information content (AvgIpc) is 2.72. The monoisotopic (exact) mass is 380 g/mol. The number of carbonyl (C=O) groups is 2. The molecule has 0 fully saturated rings. The van der Waals surface area contributed by atoms with E-state index in [-0.39, 0.29) is 24.8 Å². The molecule has 0 aliphatic carbocycles. The van der Waals surface area contributed by atoms with Crippen LogP contribution in [0.2, 0.25) is 0 Å². The van der Waals surface area contributed by atoms with Gasteiger partial charge in [-0.05, 0) is 42.0 Å². The fourth-order valence-corrected chi connectivity index (χ4v) is 2.61. The molecule has 3 aromatic rings. The topological polar surface area (TPSA) is 58.2 Å². The third-order valence-corrected chi connectivity index (χ3v) is 4.15. The maximum Gasteiger partial charge on any atom is 0.251 e. The first-order valence-corrected chi connectivity index (χ1v) is 8.67. The van der Waals surface area contributed by atoms with Crippen molar-refractivity contribution in [3.63, 3.8) is 0 Å². The normalized spacial score (nSPS) is 10.4. The van der Waals surface area contributed by atoms with Gasteiger partial charge in [0.15, 0.2) is 0 Å². The van der Waals surface area contributed by atoms with Crippen molar-refractivity contribution < 1.29 is 18.4 Å². The number of nitrogens with one attached hydrogen (secondary N) is 2. The van der Waals surface area contributed by atoms with Gasteiger partial charge in [-0.1, -0.05) is 36.4 Å². The van der Waals surface area contributed by atoms with Crippen molar-refractivity contribution in [3.8, 4) is 0 Å². The third-order valence-electron chi connectivity index (χ3n) is 4.15. The summed E-state index contributed by atoms with van der Waals surface area (Å²) in [5, 5.41) is 5.36. The van der Waals surface area contributed by atoms with E-state index in [2.05, 4.69) is 10.6 Å². The van der Waals surface area contributed by atoms with Crippen LogP contribution >= 0.6 is 0 Å². The minimum atomic E-state index is -0.406. The largest absolute Gasteiger partial charge is 0.348 e. The highest BCUT2D eigenvalue weighted by Crippen LogP contribution is 2.09. The SMILES string of the molecule is O=C(NCc1ccc(F)cc1)c1cccc(C(=O)NCc2ccccc2F)c1. The minimum Gasteiger partial charge on any atom is -0.348 e. The molecule has 3 aromatic carbocycles. The Hall–Kier alpha value is -3.54. The summed E-state index contributed by atoms with van der Waals surface area (Å²) in [7, 11) is 0. The second-order valence-corrected chi connectivity index (χ2v) is 6.16. The molecule has 0 saturated heterocycles. The van der Waals surface area contributed by atoms with Gasteiger partial charge in [-0.15, -0.1) is 0 Å². The summed E-state index contributed by atoms with van der Waals surface area (Å²) in [6.45, 7) is 0.287. The maximum absolute atomic E-state index is 13.6. The standard InChI is InChI=1S/C22H18F2N2O2/c23-19-10-8-15(9-11-19)13-25-21(27)16-5-3-6-17(12-16)22(28)26-14-18-4-1-2-7-20(18)24/h1-12H,13-14H2,(H,25,27)(H,26,28). The lowest BCUT2D eigenvalue weighted by atomic mass is 10.1. The van der Waals surface area contributed by atoms with E-state index in [4.69, 9.17) is 0 Å². The fraction of sp³-hybridized carbons (Fsp3) is 0.0909. The molecule has 0 aliphatic rings. The van der Waals surface area contributed by atoms with Crippen molar-refractivity contribution in [3.05, 3.63) is 107 Å². The van der Waals surface area contributed by atoms with Gasteiger partial charge in [-0.25, -0.2) is 8.78 Å². The molecule has 0 aliphatic heterocycles. The predicted octanol–water partition coefficient (Wildman–Crippen LogP) is 3.82. The maximum atomic E-state index is 13.6. The van der Waals surface area contributed by atoms with Crippen LogP contribution in [0, 0.1) is 11.6 Å². The minimum absolute atomic E-state index is 0.0481. The number of amides is 2. The summed E-state index contributed by atoms with van der Waals surface area (Å²) in [5.74, 6) is -1.49. The van der Waals surface area contributed by atoms with Crippen LogP contribution in [0.15, 0.2) is 72.8 Å². The van der Waals surface area contributed by atoms with Crippen LogP contribution in [0.3, 0.4) is 0 Å². The van der Waals surface area contributed by atoms with Gasteiger partial charge in [0, 0.05) is 29.8 Å². The number of hydrogen-bond acceptors (Lipinski definition) is 2. The highest BCUT2D eigenvalue weighted by Gasteiger charge is 2.11. The number of hydrogen-bond donors (Lipinski definition) is 2. The Labute approximate surface area is 161 Å². The van der Waals surface area contributed by atoms with E-state index in [9.17, 15) is 18.4 Å². The van der Waals surface area contributed by atoms with E-state index in [1.165, 1.54) is 24.3 Å². The van der Waals surface area contributed by atoms with Crippen LogP contribution in [0.5, 0.6) is 0 Å². The molecule has 0 saturated carbocycles. The smallest absolute Gasteiger partial charge is 0.251 e. The molecule has 0 radical (unpaired) electrons. The van der Waals surface area contributed by atoms with E-state index in [0.717, 1.165) is 5.56 Å². The van der Waals surface area contributed by atoms with E-state index in [1.807, 2.05) is 0 Å². The first kappa shape index (κ1) is 19.2. The molecule has 28 heavy (non-hydrogen) atoms. The lowest BCUT2D eigenvalue weighted by Gasteiger charge is -2.09. The first-order valence-electron chi connectivity index (χ1n) is 8.67. The van der Waals surface area contributed by atoms with Crippen LogP contribution in [0.25, 0.3) is 0 Å². The van der Waals surface area contributed by atoms with Crippen molar-refractivity contribution in [2.45, 2.75) is 13.1 Å². The molecule has 0 atom stereocenters. The van der Waals surface area contributed by atoms with E-state index >= 15 is 0 Å². The zero-order valence-electron chi connectivity index (χ0n) is 14.9. The zero-order chi connectivity index (χ0) is 19.9. The van der Waals surface area contributed by atoms with Crippen LogP contribution in [0.1, 0.15) is 31.8 Å². The van der Waals surface area contributed by atoms with E-state index in [0.29, 0.717) is 16.7 Å². The zero-order valence-corrected chi connectivity index (χ0v) is 14.9. The number of rotatable bonds is 6. The molecule has 4 nitrogen and oxygen atoms in total. The Bertz CT molecular complexity index is 988. The molecule has 3 rings (SSSR count). The van der Waals surface area contributed by atoms with Gasteiger partial charge < -0.3 is 10.6 Å². The predicted molar refractivity (Wildman–Crippen MR) is 102 cm³/mol. The summed E-state index contributed by atoms with van der Waals surface area (Å²) in [6, 6.07) is 18.2. The highest BCUT2D eigenvalue weighted by molar-refractivity contribution is 5.99. The Morgan fingerprint density at radius 2 is 1.32 bits per heavy atom. The Morgan fingerprint density at radius 1 is 0.714 bits per heavy atom. The van der Waals surface area contributed by atoms with Gasteiger partial charge in [0.2, 0.25) is 0 Å². The quantitative estimate of drug-likeness (QED) is 0.683. The molecule has 0 aromatic heterocycles. The number of benzene rings is 3. The lowest BCUT2D eigenvalue weighted by molar-refractivity contribution is 0.0950. The molecular weight excluding hydrogens is 362 g/mol. The van der Waals surface area contributed by atoms with Crippen LogP contribution < -0.4 is 10.6 Å². The number of halogens is 2. The lowest BCUT2D eigenvalue weighted by Crippen LogP contribution is -2.25. The van der Waals surface area contributed by atoms with Crippen molar-refractivity contribution in [1.82, 2.24) is 10.6 Å². The Balaban J connectivity index is 1.60. The van der Waals surface area contributed by atoms with Crippen molar-refractivity contribution in [2.75, 3.05) is 0 Å². The van der Waals surface area contributed by atoms with Gasteiger partial charge in [0.1, 0.15) is 11.6 Å². The second kappa shape index (κ2) is 8.90. The Morgan fingerprint density at radius 3 is 1.96 bits per heavy atom. The molecule has 0 unspecified atom stereocenters. The molecule has 2 N–H and O–H groups in total. The van der Waals surface area contributed by atoms with E-state index in [1.54, 1.807) is 48.5 Å². The van der Waals surface area contributed by atoms with Crippen LogP contribution in [-0.2, 0) is 13.1 Å². The third kappa shape index (κ3) is 5.01. The summed E-state index contributed by atoms with van der Waals surface area (Å²) < 4.78 is 26.6. The molecular formula is C22H18F2N2O2.